The van der Waals surface area contributed by atoms with Crippen molar-refractivity contribution >= 4 is 17.7 Å². The van der Waals surface area contributed by atoms with Crippen molar-refractivity contribution in [1.29, 1.82) is 0 Å². The normalized spacial score (nSPS) is 17.6. The van der Waals surface area contributed by atoms with E-state index >= 15 is 0 Å². The van der Waals surface area contributed by atoms with Gasteiger partial charge in [-0.2, -0.15) is 0 Å². The van der Waals surface area contributed by atoms with Crippen LogP contribution in [0.1, 0.15) is 32.8 Å². The molecule has 1 unspecified atom stereocenters. The van der Waals surface area contributed by atoms with Crippen molar-refractivity contribution in [3.05, 3.63) is 35.3 Å². The molecule has 6 heteroatoms. The largest absolute Gasteiger partial charge is 0.444 e. The van der Waals surface area contributed by atoms with Crippen molar-refractivity contribution < 1.29 is 18.7 Å². The van der Waals surface area contributed by atoms with E-state index in [1.165, 1.54) is 12.1 Å². The second-order valence-electron chi connectivity index (χ2n) is 6.18. The van der Waals surface area contributed by atoms with Crippen LogP contribution in [0, 0.1) is 5.82 Å². The number of anilines is 1. The summed E-state index contributed by atoms with van der Waals surface area (Å²) >= 11 is 0. The number of hydrogen-bond donors (Lipinski definition) is 2. The molecule has 1 aromatic carbocycles. The lowest BCUT2D eigenvalue weighted by atomic mass is 10.1. The van der Waals surface area contributed by atoms with Gasteiger partial charge in [-0.15, -0.1) is 0 Å². The van der Waals surface area contributed by atoms with E-state index in [1.54, 1.807) is 26.8 Å². The minimum atomic E-state index is -0.626. The topological polar surface area (TPSA) is 67.4 Å². The maximum Gasteiger partial charge on any atom is 0.408 e. The number of aryl methyl sites for hydroxylation is 1. The second-order valence-corrected chi connectivity index (χ2v) is 6.18. The zero-order valence-corrected chi connectivity index (χ0v) is 12.8. The number of amides is 1. The molecular formula is C16H19FN2O3. The third-order valence-corrected chi connectivity index (χ3v) is 3.19. The summed E-state index contributed by atoms with van der Waals surface area (Å²) in [6, 6.07) is 3.75. The average Bonchev–Trinajstić information content (AvgIpc) is 2.56. The molecule has 1 heterocycles. The molecule has 5 nitrogen and oxygen atoms in total. The van der Waals surface area contributed by atoms with Gasteiger partial charge < -0.3 is 15.4 Å². The maximum absolute atomic E-state index is 13.3. The van der Waals surface area contributed by atoms with Crippen molar-refractivity contribution in [2.75, 3.05) is 5.32 Å². The Hall–Kier alpha value is -2.33. The van der Waals surface area contributed by atoms with Crippen molar-refractivity contribution in [2.45, 2.75) is 45.3 Å². The van der Waals surface area contributed by atoms with Gasteiger partial charge in [-0.1, -0.05) is 0 Å². The molecule has 0 fully saturated rings. The summed E-state index contributed by atoms with van der Waals surface area (Å²) in [5, 5.41) is 5.56. The third-order valence-electron chi connectivity index (χ3n) is 3.19. The summed E-state index contributed by atoms with van der Waals surface area (Å²) in [7, 11) is 0. The van der Waals surface area contributed by atoms with Crippen LogP contribution in [0.5, 0.6) is 0 Å². The fourth-order valence-electron chi connectivity index (χ4n) is 2.26. The fraction of sp³-hybridized carbons (Fsp3) is 0.438. The van der Waals surface area contributed by atoms with Crippen molar-refractivity contribution in [3.8, 4) is 0 Å². The Bertz CT molecular complexity index is 631. The van der Waals surface area contributed by atoms with Gasteiger partial charge in [0.15, 0.2) is 0 Å². The molecule has 0 saturated carbocycles. The Kier molecular flexibility index (Phi) is 4.52. The van der Waals surface area contributed by atoms with Gasteiger partial charge in [0, 0.05) is 5.69 Å². The molecule has 1 aliphatic rings. The number of ether oxygens (including phenoxy) is 1. The Morgan fingerprint density at radius 3 is 2.82 bits per heavy atom. The summed E-state index contributed by atoms with van der Waals surface area (Å²) in [5.74, 6) is 1.47. The molecule has 2 N–H and O–H groups in total. The van der Waals surface area contributed by atoms with Crippen LogP contribution in [-0.2, 0) is 16.0 Å². The van der Waals surface area contributed by atoms with Gasteiger partial charge in [-0.25, -0.2) is 14.0 Å². The molecule has 1 aromatic rings. The van der Waals surface area contributed by atoms with Crippen LogP contribution in [0.4, 0.5) is 14.9 Å². The van der Waals surface area contributed by atoms with Gasteiger partial charge in [-0.3, -0.25) is 0 Å². The Balaban J connectivity index is 2.15. The molecule has 0 saturated heterocycles. The van der Waals surface area contributed by atoms with Gasteiger partial charge in [0.05, 0.1) is 6.04 Å². The Morgan fingerprint density at radius 2 is 2.18 bits per heavy atom. The van der Waals surface area contributed by atoms with E-state index in [0.29, 0.717) is 18.5 Å². The molecule has 2 rings (SSSR count). The predicted molar refractivity (Wildman–Crippen MR) is 80.7 cm³/mol. The highest BCUT2D eigenvalue weighted by molar-refractivity contribution is 5.72. The highest BCUT2D eigenvalue weighted by Gasteiger charge is 2.25. The molecule has 0 aromatic heterocycles. The number of carbonyl (C=O) groups is 1. The van der Waals surface area contributed by atoms with Crippen LogP contribution in [-0.4, -0.2) is 23.7 Å². The molecule has 0 aliphatic carbocycles. The first-order valence-electron chi connectivity index (χ1n) is 7.08. The van der Waals surface area contributed by atoms with Gasteiger partial charge in [0.25, 0.3) is 0 Å². The minimum absolute atomic E-state index is 0.205. The lowest BCUT2D eigenvalue weighted by Gasteiger charge is -2.23. The minimum Gasteiger partial charge on any atom is -0.444 e. The SMILES string of the molecule is CC(C)(C)OC(=O)NC1CCc2cc(F)ccc2NC1=C=O. The van der Waals surface area contributed by atoms with Crippen LogP contribution in [0.3, 0.4) is 0 Å². The van der Waals surface area contributed by atoms with E-state index in [0.717, 1.165) is 5.56 Å². The van der Waals surface area contributed by atoms with E-state index in [1.807, 2.05) is 5.94 Å². The highest BCUT2D eigenvalue weighted by Crippen LogP contribution is 2.26. The van der Waals surface area contributed by atoms with Crippen molar-refractivity contribution in [1.82, 2.24) is 5.32 Å². The molecule has 0 spiro atoms. The molecular weight excluding hydrogens is 287 g/mol. The number of carbonyl (C=O) groups excluding carboxylic acids is 2. The van der Waals surface area contributed by atoms with E-state index in [-0.39, 0.29) is 11.5 Å². The molecule has 1 atom stereocenters. The van der Waals surface area contributed by atoms with Gasteiger partial charge in [0.2, 0.25) is 0 Å². The summed E-state index contributed by atoms with van der Waals surface area (Å²) in [6.45, 7) is 5.27. The van der Waals surface area contributed by atoms with E-state index in [4.69, 9.17) is 4.74 Å². The van der Waals surface area contributed by atoms with E-state index in [9.17, 15) is 14.0 Å². The zero-order chi connectivity index (χ0) is 16.3. The van der Waals surface area contributed by atoms with Crippen LogP contribution in [0.15, 0.2) is 23.9 Å². The average molecular weight is 306 g/mol. The smallest absolute Gasteiger partial charge is 0.408 e. The molecule has 118 valence electrons. The quantitative estimate of drug-likeness (QED) is 0.783. The van der Waals surface area contributed by atoms with Crippen molar-refractivity contribution in [2.24, 2.45) is 0 Å². The van der Waals surface area contributed by atoms with Gasteiger partial charge in [0.1, 0.15) is 23.1 Å². The number of hydrogen-bond acceptors (Lipinski definition) is 4. The predicted octanol–water partition coefficient (Wildman–Crippen LogP) is 2.79. The fourth-order valence-corrected chi connectivity index (χ4v) is 2.26. The lowest BCUT2D eigenvalue weighted by Crippen LogP contribution is -2.41. The number of alkyl carbamates (subject to hydrolysis) is 1. The summed E-state index contributed by atoms with van der Waals surface area (Å²) in [4.78, 5) is 23.0. The summed E-state index contributed by atoms with van der Waals surface area (Å²) in [5.41, 5.74) is 0.977. The standard InChI is InChI=1S/C16H19FN2O3/c1-16(2,3)22-15(21)19-13-6-4-10-8-11(17)5-7-12(10)18-14(13)9-20/h5,7-8,13,18H,4,6H2,1-3H3,(H,19,21). The highest BCUT2D eigenvalue weighted by atomic mass is 19.1. The van der Waals surface area contributed by atoms with Crippen LogP contribution >= 0.6 is 0 Å². The summed E-state index contributed by atoms with van der Waals surface area (Å²) < 4.78 is 18.5. The first-order chi connectivity index (χ1) is 10.3. The van der Waals surface area contributed by atoms with Crippen molar-refractivity contribution in [3.63, 3.8) is 0 Å². The van der Waals surface area contributed by atoms with Gasteiger partial charge >= 0.3 is 6.09 Å². The van der Waals surface area contributed by atoms with Crippen LogP contribution < -0.4 is 10.6 Å². The number of nitrogens with one attached hydrogen (secondary N) is 2. The molecule has 1 aliphatic heterocycles. The first-order valence-corrected chi connectivity index (χ1v) is 7.08. The van der Waals surface area contributed by atoms with Crippen LogP contribution in [0.25, 0.3) is 0 Å². The molecule has 1 amide bonds. The molecule has 22 heavy (non-hydrogen) atoms. The second kappa shape index (κ2) is 6.20. The van der Waals surface area contributed by atoms with E-state index in [2.05, 4.69) is 10.6 Å². The molecule has 0 bridgehead atoms. The van der Waals surface area contributed by atoms with E-state index < -0.39 is 17.7 Å². The monoisotopic (exact) mass is 306 g/mol. The summed E-state index contributed by atoms with van der Waals surface area (Å²) in [6.07, 6.45) is 0.364. The third kappa shape index (κ3) is 4.09. The first kappa shape index (κ1) is 16.0. The number of rotatable bonds is 1. The van der Waals surface area contributed by atoms with Crippen LogP contribution in [0.2, 0.25) is 0 Å². The maximum atomic E-state index is 13.3. The number of benzene rings is 1. The Labute approximate surface area is 128 Å². The van der Waals surface area contributed by atoms with Gasteiger partial charge in [-0.05, 0) is 57.4 Å². The number of halogens is 1. The lowest BCUT2D eigenvalue weighted by molar-refractivity contribution is 0.0511. The Morgan fingerprint density at radius 1 is 1.45 bits per heavy atom. The molecule has 0 radical (unpaired) electrons. The zero-order valence-electron chi connectivity index (χ0n) is 12.8. The number of fused-ring (bicyclic) bond motifs is 1.